The van der Waals surface area contributed by atoms with Gasteiger partial charge in [0.05, 0.1) is 11.3 Å². The molecule has 5 nitrogen and oxygen atoms in total. The van der Waals surface area contributed by atoms with Crippen molar-refractivity contribution in [2.45, 2.75) is 19.0 Å². The minimum Gasteiger partial charge on any atom is -0.356 e. The van der Waals surface area contributed by atoms with Crippen LogP contribution < -0.4 is 5.32 Å². The molecule has 0 aliphatic rings. The Kier molecular flexibility index (Phi) is 3.79. The molecule has 0 unspecified atom stereocenters. The highest BCUT2D eigenvalue weighted by molar-refractivity contribution is 7.99. The van der Waals surface area contributed by atoms with Gasteiger partial charge < -0.3 is 5.32 Å². The van der Waals surface area contributed by atoms with Gasteiger partial charge in [0.1, 0.15) is 0 Å². The van der Waals surface area contributed by atoms with E-state index in [1.807, 2.05) is 29.5 Å². The molecule has 0 aliphatic heterocycles. The van der Waals surface area contributed by atoms with Crippen LogP contribution in [0.1, 0.15) is 12.5 Å². The van der Waals surface area contributed by atoms with E-state index in [9.17, 15) is 4.79 Å². The van der Waals surface area contributed by atoms with Crippen molar-refractivity contribution in [2.75, 3.05) is 12.3 Å². The van der Waals surface area contributed by atoms with Gasteiger partial charge in [0.25, 0.3) is 0 Å². The first-order chi connectivity index (χ1) is 10.2. The number of nitrogens with one attached hydrogen (secondary N) is 1. The molecule has 0 saturated heterocycles. The number of nitrogens with zero attached hydrogens (tertiary/aromatic N) is 3. The second kappa shape index (κ2) is 5.73. The van der Waals surface area contributed by atoms with Crippen LogP contribution in [0.25, 0.3) is 16.6 Å². The Morgan fingerprint density at radius 2 is 2.14 bits per heavy atom. The van der Waals surface area contributed by atoms with Crippen molar-refractivity contribution in [3.8, 4) is 0 Å². The SMILES string of the molecule is CCNC(=O)CSc1nnc2cc(C)c3ccccc3n12. The van der Waals surface area contributed by atoms with Crippen molar-refractivity contribution >= 4 is 34.2 Å². The van der Waals surface area contributed by atoms with Crippen molar-refractivity contribution in [1.82, 2.24) is 19.9 Å². The lowest BCUT2D eigenvalue weighted by Crippen LogP contribution is -2.24. The molecule has 0 saturated carbocycles. The molecule has 3 rings (SSSR count). The fourth-order valence-corrected chi connectivity index (χ4v) is 3.13. The number of hydrogen-bond acceptors (Lipinski definition) is 4. The second-order valence-corrected chi connectivity index (χ2v) is 5.71. The molecule has 0 spiro atoms. The van der Waals surface area contributed by atoms with Gasteiger partial charge in [-0.05, 0) is 31.5 Å². The summed E-state index contributed by atoms with van der Waals surface area (Å²) in [6.07, 6.45) is 0. The number of benzene rings is 1. The highest BCUT2D eigenvalue weighted by Gasteiger charge is 2.12. The Labute approximate surface area is 126 Å². The number of aryl methyl sites for hydroxylation is 1. The monoisotopic (exact) mass is 300 g/mol. The molecule has 6 heteroatoms. The standard InChI is InChI=1S/C15H16N4OS/c1-3-16-14(20)9-21-15-18-17-13-8-10(2)11-6-4-5-7-12(11)19(13)15/h4-8H,3,9H2,1-2H3,(H,16,20). The van der Waals surface area contributed by atoms with Crippen LogP contribution in [0, 0.1) is 6.92 Å². The zero-order valence-electron chi connectivity index (χ0n) is 12.0. The molecule has 0 aliphatic carbocycles. The van der Waals surface area contributed by atoms with Crippen molar-refractivity contribution in [3.63, 3.8) is 0 Å². The van der Waals surface area contributed by atoms with Crippen LogP contribution in [-0.2, 0) is 4.79 Å². The van der Waals surface area contributed by atoms with Crippen molar-refractivity contribution in [2.24, 2.45) is 0 Å². The summed E-state index contributed by atoms with van der Waals surface area (Å²) in [5.41, 5.74) is 3.05. The average molecular weight is 300 g/mol. The molecule has 2 aromatic heterocycles. The number of pyridine rings is 1. The maximum absolute atomic E-state index is 11.6. The van der Waals surface area contributed by atoms with Crippen LogP contribution in [0.15, 0.2) is 35.5 Å². The normalized spacial score (nSPS) is 11.1. The molecule has 1 amide bonds. The lowest BCUT2D eigenvalue weighted by molar-refractivity contribution is -0.118. The summed E-state index contributed by atoms with van der Waals surface area (Å²) in [5.74, 6) is 0.354. The summed E-state index contributed by atoms with van der Waals surface area (Å²) in [6.45, 7) is 4.62. The Morgan fingerprint density at radius 1 is 1.33 bits per heavy atom. The van der Waals surface area contributed by atoms with Crippen molar-refractivity contribution in [3.05, 3.63) is 35.9 Å². The third-order valence-electron chi connectivity index (χ3n) is 3.28. The summed E-state index contributed by atoms with van der Waals surface area (Å²) in [6, 6.07) is 10.2. The van der Waals surface area contributed by atoms with Gasteiger partial charge >= 0.3 is 0 Å². The zero-order chi connectivity index (χ0) is 14.8. The minimum atomic E-state index is 0.00988. The molecule has 0 bridgehead atoms. The fraction of sp³-hybridized carbons (Fsp3) is 0.267. The molecular weight excluding hydrogens is 284 g/mol. The van der Waals surface area contributed by atoms with E-state index in [-0.39, 0.29) is 5.91 Å². The number of rotatable bonds is 4. The summed E-state index contributed by atoms with van der Waals surface area (Å²) >= 11 is 1.40. The van der Waals surface area contributed by atoms with E-state index in [0.29, 0.717) is 12.3 Å². The number of hydrogen-bond donors (Lipinski definition) is 1. The zero-order valence-corrected chi connectivity index (χ0v) is 12.8. The number of amides is 1. The third-order valence-corrected chi connectivity index (χ3v) is 4.21. The van der Waals surface area contributed by atoms with Gasteiger partial charge in [0.2, 0.25) is 5.91 Å². The topological polar surface area (TPSA) is 59.3 Å². The number of carbonyl (C=O) groups excluding carboxylic acids is 1. The van der Waals surface area contributed by atoms with Gasteiger partial charge in [0, 0.05) is 11.9 Å². The lowest BCUT2D eigenvalue weighted by atomic mass is 10.1. The highest BCUT2D eigenvalue weighted by Crippen LogP contribution is 2.25. The Morgan fingerprint density at radius 3 is 2.95 bits per heavy atom. The van der Waals surface area contributed by atoms with Gasteiger partial charge in [0.15, 0.2) is 10.8 Å². The second-order valence-electron chi connectivity index (χ2n) is 4.76. The smallest absolute Gasteiger partial charge is 0.230 e. The molecule has 2 heterocycles. The van der Waals surface area contributed by atoms with Crippen LogP contribution in [0.5, 0.6) is 0 Å². The number of fused-ring (bicyclic) bond motifs is 3. The first kappa shape index (κ1) is 13.9. The third kappa shape index (κ3) is 2.58. The Hall–Kier alpha value is -2.08. The summed E-state index contributed by atoms with van der Waals surface area (Å²) in [4.78, 5) is 11.6. The first-order valence-corrected chi connectivity index (χ1v) is 7.82. The van der Waals surface area contributed by atoms with Crippen LogP contribution in [0.3, 0.4) is 0 Å². The maximum atomic E-state index is 11.6. The van der Waals surface area contributed by atoms with Gasteiger partial charge in [-0.15, -0.1) is 10.2 Å². The maximum Gasteiger partial charge on any atom is 0.230 e. The average Bonchev–Trinajstić information content (AvgIpc) is 2.89. The molecule has 21 heavy (non-hydrogen) atoms. The predicted molar refractivity (Wildman–Crippen MR) is 84.6 cm³/mol. The van der Waals surface area contributed by atoms with E-state index < -0.39 is 0 Å². The lowest BCUT2D eigenvalue weighted by Gasteiger charge is -2.07. The summed E-state index contributed by atoms with van der Waals surface area (Å²) in [5, 5.41) is 13.1. The Bertz CT molecular complexity index is 812. The number of carbonyl (C=O) groups is 1. The highest BCUT2D eigenvalue weighted by atomic mass is 32.2. The van der Waals surface area contributed by atoms with E-state index in [4.69, 9.17) is 0 Å². The minimum absolute atomic E-state index is 0.00988. The van der Waals surface area contributed by atoms with Crippen molar-refractivity contribution < 1.29 is 4.79 Å². The molecule has 1 N–H and O–H groups in total. The van der Waals surface area contributed by atoms with Crippen LogP contribution in [-0.4, -0.2) is 32.8 Å². The Balaban J connectivity index is 2.04. The molecule has 3 aromatic rings. The van der Waals surface area contributed by atoms with E-state index in [1.54, 1.807) is 0 Å². The summed E-state index contributed by atoms with van der Waals surface area (Å²) < 4.78 is 2.01. The predicted octanol–water partition coefficient (Wildman–Crippen LogP) is 2.42. The summed E-state index contributed by atoms with van der Waals surface area (Å²) in [7, 11) is 0. The van der Waals surface area contributed by atoms with Gasteiger partial charge in [-0.25, -0.2) is 0 Å². The molecular formula is C15H16N4OS. The van der Waals surface area contributed by atoms with Gasteiger partial charge in [-0.1, -0.05) is 30.0 Å². The van der Waals surface area contributed by atoms with E-state index in [2.05, 4.69) is 34.6 Å². The first-order valence-electron chi connectivity index (χ1n) is 6.83. The molecule has 0 atom stereocenters. The van der Waals surface area contributed by atoms with E-state index in [0.717, 1.165) is 16.3 Å². The number of aromatic nitrogens is 3. The van der Waals surface area contributed by atoms with Crippen LogP contribution in [0.4, 0.5) is 0 Å². The quantitative estimate of drug-likeness (QED) is 0.752. The van der Waals surface area contributed by atoms with E-state index in [1.165, 1.54) is 22.7 Å². The molecule has 108 valence electrons. The van der Waals surface area contributed by atoms with Gasteiger partial charge in [-0.3, -0.25) is 9.20 Å². The van der Waals surface area contributed by atoms with Gasteiger partial charge in [-0.2, -0.15) is 0 Å². The molecule has 0 radical (unpaired) electrons. The van der Waals surface area contributed by atoms with Crippen LogP contribution >= 0.6 is 11.8 Å². The molecule has 0 fully saturated rings. The van der Waals surface area contributed by atoms with Crippen LogP contribution in [0.2, 0.25) is 0 Å². The van der Waals surface area contributed by atoms with Crippen molar-refractivity contribution in [1.29, 1.82) is 0 Å². The largest absolute Gasteiger partial charge is 0.356 e. The number of thioether (sulfide) groups is 1. The molecule has 1 aromatic carbocycles. The fourth-order valence-electron chi connectivity index (χ4n) is 2.35. The number of para-hydroxylation sites is 1. The van der Waals surface area contributed by atoms with E-state index >= 15 is 0 Å².